The van der Waals surface area contributed by atoms with Gasteiger partial charge in [0.15, 0.2) is 9.84 Å². The molecule has 1 N–H and O–H groups in total. The Bertz CT molecular complexity index is 937. The number of anilines is 1. The third-order valence-corrected chi connectivity index (χ3v) is 6.37. The van der Waals surface area contributed by atoms with E-state index in [1.807, 2.05) is 6.92 Å². The summed E-state index contributed by atoms with van der Waals surface area (Å²) in [5.41, 5.74) is 1.13. The lowest BCUT2D eigenvalue weighted by atomic mass is 10.1. The van der Waals surface area contributed by atoms with E-state index in [9.17, 15) is 17.6 Å². The molecule has 0 radical (unpaired) electrons. The van der Waals surface area contributed by atoms with Gasteiger partial charge in [-0.15, -0.1) is 0 Å². The number of hydrogen-bond acceptors (Lipinski definition) is 5. The van der Waals surface area contributed by atoms with Crippen LogP contribution in [0.2, 0.25) is 5.02 Å². The maximum Gasteiger partial charge on any atom is 0.255 e. The summed E-state index contributed by atoms with van der Waals surface area (Å²) >= 11 is 6.07. The van der Waals surface area contributed by atoms with Crippen molar-refractivity contribution in [2.75, 3.05) is 29.9 Å². The van der Waals surface area contributed by atoms with Gasteiger partial charge in [-0.2, -0.15) is 0 Å². The monoisotopic (exact) mass is 411 g/mol. The fraction of sp³-hybridized carbons (Fsp3) is 0.333. The van der Waals surface area contributed by atoms with E-state index in [-0.39, 0.29) is 36.5 Å². The van der Waals surface area contributed by atoms with Crippen LogP contribution >= 0.6 is 11.6 Å². The largest absolute Gasteiger partial charge is 0.363 e. The number of carbonyl (C=O) groups is 1. The van der Waals surface area contributed by atoms with Gasteiger partial charge in [0.2, 0.25) is 0 Å². The van der Waals surface area contributed by atoms with Gasteiger partial charge in [0.25, 0.3) is 5.91 Å². The summed E-state index contributed by atoms with van der Waals surface area (Å²) in [5.74, 6) is -0.120. The SMILES string of the molecule is CC(Nc1ccc(C(=O)N2CCS(=O)(=O)CC2)cn1)c1ccc(F)cc1Cl. The highest BCUT2D eigenvalue weighted by Crippen LogP contribution is 2.26. The van der Waals surface area contributed by atoms with Crippen molar-refractivity contribution in [3.63, 3.8) is 0 Å². The molecule has 0 aliphatic carbocycles. The molecular weight excluding hydrogens is 393 g/mol. The molecule has 1 aromatic heterocycles. The van der Waals surface area contributed by atoms with Gasteiger partial charge in [0, 0.05) is 24.3 Å². The number of benzene rings is 1. The molecule has 1 fully saturated rings. The highest BCUT2D eigenvalue weighted by Gasteiger charge is 2.25. The van der Waals surface area contributed by atoms with Gasteiger partial charge in [0.05, 0.1) is 23.1 Å². The Labute approximate surface area is 162 Å². The summed E-state index contributed by atoms with van der Waals surface area (Å²) in [6, 6.07) is 7.30. The maximum atomic E-state index is 13.2. The molecule has 1 aliphatic rings. The molecule has 6 nitrogen and oxygen atoms in total. The van der Waals surface area contributed by atoms with Crippen LogP contribution in [0.5, 0.6) is 0 Å². The molecule has 1 aliphatic heterocycles. The number of sulfone groups is 1. The standard InChI is InChI=1S/C18H19ClFN3O3S/c1-12(15-4-3-14(20)10-16(15)19)22-17-5-2-13(11-21-17)18(24)23-6-8-27(25,26)9-7-23/h2-5,10-12H,6-9H2,1H3,(H,21,22). The van der Waals surface area contributed by atoms with Crippen LogP contribution < -0.4 is 5.32 Å². The Morgan fingerprint density at radius 3 is 2.56 bits per heavy atom. The number of halogens is 2. The lowest BCUT2D eigenvalue weighted by Crippen LogP contribution is -2.43. The number of rotatable bonds is 4. The van der Waals surface area contributed by atoms with Crippen LogP contribution in [0.15, 0.2) is 36.5 Å². The molecule has 27 heavy (non-hydrogen) atoms. The first-order valence-electron chi connectivity index (χ1n) is 8.42. The smallest absolute Gasteiger partial charge is 0.255 e. The summed E-state index contributed by atoms with van der Waals surface area (Å²) in [7, 11) is -3.04. The number of carbonyl (C=O) groups excluding carboxylic acids is 1. The van der Waals surface area contributed by atoms with Crippen LogP contribution in [-0.2, 0) is 9.84 Å². The fourth-order valence-electron chi connectivity index (χ4n) is 2.86. The summed E-state index contributed by atoms with van der Waals surface area (Å²) in [4.78, 5) is 18.2. The van der Waals surface area contributed by atoms with E-state index in [0.29, 0.717) is 16.4 Å². The Balaban J connectivity index is 1.65. The van der Waals surface area contributed by atoms with E-state index in [1.165, 1.54) is 23.2 Å². The van der Waals surface area contributed by atoms with Crippen molar-refractivity contribution in [2.45, 2.75) is 13.0 Å². The van der Waals surface area contributed by atoms with Crippen molar-refractivity contribution in [3.8, 4) is 0 Å². The molecule has 0 spiro atoms. The minimum absolute atomic E-state index is 0.0122. The molecule has 1 saturated heterocycles. The first-order chi connectivity index (χ1) is 12.7. The molecule has 1 aromatic carbocycles. The molecule has 0 saturated carbocycles. The van der Waals surface area contributed by atoms with Gasteiger partial charge in [-0.1, -0.05) is 17.7 Å². The number of pyridine rings is 1. The highest BCUT2D eigenvalue weighted by molar-refractivity contribution is 7.91. The lowest BCUT2D eigenvalue weighted by Gasteiger charge is -2.26. The summed E-state index contributed by atoms with van der Waals surface area (Å²) < 4.78 is 36.1. The van der Waals surface area contributed by atoms with Crippen LogP contribution in [0.1, 0.15) is 28.9 Å². The minimum atomic E-state index is -3.04. The molecule has 9 heteroatoms. The van der Waals surface area contributed by atoms with E-state index in [4.69, 9.17) is 11.6 Å². The molecule has 144 valence electrons. The highest BCUT2D eigenvalue weighted by atomic mass is 35.5. The molecule has 1 amide bonds. The Kier molecular flexibility index (Phi) is 5.67. The zero-order valence-electron chi connectivity index (χ0n) is 14.7. The van der Waals surface area contributed by atoms with E-state index < -0.39 is 15.7 Å². The van der Waals surface area contributed by atoms with Crippen LogP contribution in [0.4, 0.5) is 10.2 Å². The number of amides is 1. The van der Waals surface area contributed by atoms with Crippen molar-refractivity contribution in [2.24, 2.45) is 0 Å². The van der Waals surface area contributed by atoms with Gasteiger partial charge >= 0.3 is 0 Å². The van der Waals surface area contributed by atoms with Crippen LogP contribution in [0, 0.1) is 5.82 Å². The van der Waals surface area contributed by atoms with Crippen molar-refractivity contribution >= 4 is 33.2 Å². The van der Waals surface area contributed by atoms with E-state index in [2.05, 4.69) is 10.3 Å². The molecular formula is C18H19ClFN3O3S. The second-order valence-electron chi connectivity index (χ2n) is 6.41. The van der Waals surface area contributed by atoms with E-state index in [0.717, 1.165) is 5.56 Å². The first-order valence-corrected chi connectivity index (χ1v) is 10.6. The van der Waals surface area contributed by atoms with Crippen molar-refractivity contribution < 1.29 is 17.6 Å². The second kappa shape index (κ2) is 7.82. The number of hydrogen-bond donors (Lipinski definition) is 1. The third-order valence-electron chi connectivity index (χ3n) is 4.44. The first kappa shape index (κ1) is 19.6. The quantitative estimate of drug-likeness (QED) is 0.836. The van der Waals surface area contributed by atoms with Gasteiger partial charge in [-0.25, -0.2) is 17.8 Å². The van der Waals surface area contributed by atoms with Crippen molar-refractivity contribution in [1.82, 2.24) is 9.88 Å². The van der Waals surface area contributed by atoms with Gasteiger partial charge in [0.1, 0.15) is 11.6 Å². The average Bonchev–Trinajstić information content (AvgIpc) is 2.61. The third kappa shape index (κ3) is 4.75. The predicted octanol–water partition coefficient (Wildman–Crippen LogP) is 2.92. The molecule has 2 heterocycles. The van der Waals surface area contributed by atoms with E-state index in [1.54, 1.807) is 18.2 Å². The topological polar surface area (TPSA) is 79.4 Å². The summed E-state index contributed by atoms with van der Waals surface area (Å²) in [6.07, 6.45) is 1.45. The summed E-state index contributed by atoms with van der Waals surface area (Å²) in [6.45, 7) is 2.26. The normalized spacial score (nSPS) is 17.4. The molecule has 3 rings (SSSR count). The van der Waals surface area contributed by atoms with Gasteiger partial charge in [-0.3, -0.25) is 4.79 Å². The Hall–Kier alpha value is -2.19. The summed E-state index contributed by atoms with van der Waals surface area (Å²) in [5, 5.41) is 3.47. The number of nitrogens with zero attached hydrogens (tertiary/aromatic N) is 2. The number of nitrogens with one attached hydrogen (secondary N) is 1. The van der Waals surface area contributed by atoms with Crippen LogP contribution in [0.25, 0.3) is 0 Å². The average molecular weight is 412 g/mol. The van der Waals surface area contributed by atoms with Crippen molar-refractivity contribution in [3.05, 3.63) is 58.5 Å². The molecule has 2 aromatic rings. The predicted molar refractivity (Wildman–Crippen MR) is 102 cm³/mol. The maximum absolute atomic E-state index is 13.2. The van der Waals surface area contributed by atoms with Crippen molar-refractivity contribution in [1.29, 1.82) is 0 Å². The van der Waals surface area contributed by atoms with E-state index >= 15 is 0 Å². The van der Waals surface area contributed by atoms with Crippen LogP contribution in [0.3, 0.4) is 0 Å². The zero-order valence-corrected chi connectivity index (χ0v) is 16.2. The Morgan fingerprint density at radius 2 is 1.96 bits per heavy atom. The van der Waals surface area contributed by atoms with Crippen LogP contribution in [-0.4, -0.2) is 48.8 Å². The minimum Gasteiger partial charge on any atom is -0.363 e. The van der Waals surface area contributed by atoms with Gasteiger partial charge < -0.3 is 10.2 Å². The van der Waals surface area contributed by atoms with Gasteiger partial charge in [-0.05, 0) is 36.8 Å². The fourth-order valence-corrected chi connectivity index (χ4v) is 4.39. The zero-order chi connectivity index (χ0) is 19.6. The Morgan fingerprint density at radius 1 is 1.26 bits per heavy atom. The molecule has 0 bridgehead atoms. The molecule has 1 atom stereocenters. The second-order valence-corrected chi connectivity index (χ2v) is 9.12. The molecule has 1 unspecified atom stereocenters. The number of aromatic nitrogens is 1. The lowest BCUT2D eigenvalue weighted by molar-refractivity contribution is 0.0770.